The van der Waals surface area contributed by atoms with Gasteiger partial charge in [0.2, 0.25) is 0 Å². The Kier molecular flexibility index (Phi) is 59.9. The Morgan fingerprint density at radius 1 is 0.330 bits per heavy atom. The molecule has 522 valence electrons. The summed E-state index contributed by atoms with van der Waals surface area (Å²) in [4.78, 5) is 72.3. The van der Waals surface area contributed by atoms with Crippen molar-refractivity contribution >= 4 is 39.5 Å². The number of esters is 4. The van der Waals surface area contributed by atoms with Gasteiger partial charge >= 0.3 is 39.5 Å². The van der Waals surface area contributed by atoms with Crippen LogP contribution in [-0.2, 0) is 65.4 Å². The number of ether oxygens (including phenoxy) is 4. The van der Waals surface area contributed by atoms with Crippen LogP contribution in [0.25, 0.3) is 0 Å². The second kappa shape index (κ2) is 61.3. The maximum Gasteiger partial charge on any atom is 0.472 e. The average molecular weight is 1300 g/mol. The van der Waals surface area contributed by atoms with Crippen LogP contribution in [0, 0.1) is 11.8 Å². The normalized spacial score (nSPS) is 14.5. The Morgan fingerprint density at radius 2 is 0.580 bits per heavy atom. The number of unbranched alkanes of at least 4 members (excludes halogenated alkanes) is 37. The van der Waals surface area contributed by atoms with Crippen LogP contribution in [0.15, 0.2) is 0 Å². The topological polar surface area (TPSA) is 237 Å². The van der Waals surface area contributed by atoms with Gasteiger partial charge in [0.15, 0.2) is 12.2 Å². The molecule has 0 aliphatic carbocycles. The first-order valence-electron chi connectivity index (χ1n) is 36.0. The number of phosphoric acid groups is 2. The Labute approximate surface area is 537 Å². The van der Waals surface area contributed by atoms with Crippen molar-refractivity contribution in [2.24, 2.45) is 11.8 Å². The lowest BCUT2D eigenvalue weighted by molar-refractivity contribution is -0.161. The quantitative estimate of drug-likeness (QED) is 0.0222. The van der Waals surface area contributed by atoms with Gasteiger partial charge in [-0.1, -0.05) is 298 Å². The fourth-order valence-corrected chi connectivity index (χ4v) is 12.0. The van der Waals surface area contributed by atoms with Crippen LogP contribution in [0.5, 0.6) is 0 Å². The molecule has 0 aromatic heterocycles. The standard InChI is InChI=1S/C69H134O17P2/c1-7-10-12-14-16-17-18-19-20-21-22-27-30-34-41-47-53-68(73)85-64(58-80-67(72)52-46-40-33-29-26-24-23-25-28-32-37-43-49-61(4)5)59-83-87(75,76)81-55-63(70)56-82-88(77,78)84-60-65(57-79-66(71)51-45-39-31-15-13-11-8-2)86-69(74)54-48-42-36-35-38-44-50-62(6)9-3/h61-65,70H,7-60H2,1-6H3,(H,75,76)(H,77,78)/t62?,63-,64-,65-/m1/s1. The molecular weight excluding hydrogens is 1160 g/mol. The van der Waals surface area contributed by atoms with Gasteiger partial charge in [0.1, 0.15) is 19.3 Å². The molecule has 0 saturated heterocycles. The van der Waals surface area contributed by atoms with Gasteiger partial charge < -0.3 is 33.8 Å². The second-order valence-electron chi connectivity index (χ2n) is 25.6. The molecule has 0 saturated carbocycles. The summed E-state index contributed by atoms with van der Waals surface area (Å²) in [5.74, 6) is -0.629. The van der Waals surface area contributed by atoms with E-state index in [0.29, 0.717) is 25.7 Å². The number of aliphatic hydroxyl groups excluding tert-OH is 1. The minimum absolute atomic E-state index is 0.103. The number of hydrogen-bond donors (Lipinski definition) is 3. The van der Waals surface area contributed by atoms with Crippen molar-refractivity contribution in [3.05, 3.63) is 0 Å². The van der Waals surface area contributed by atoms with E-state index in [1.807, 2.05) is 0 Å². The zero-order valence-electron chi connectivity index (χ0n) is 57.0. The van der Waals surface area contributed by atoms with Crippen molar-refractivity contribution in [2.75, 3.05) is 39.6 Å². The van der Waals surface area contributed by atoms with E-state index in [2.05, 4.69) is 41.5 Å². The van der Waals surface area contributed by atoms with Gasteiger partial charge in [-0.05, 0) is 37.5 Å². The third kappa shape index (κ3) is 61.6. The Balaban J connectivity index is 5.21. The Hall–Kier alpha value is -1.94. The van der Waals surface area contributed by atoms with Crippen molar-refractivity contribution in [2.45, 2.75) is 368 Å². The van der Waals surface area contributed by atoms with Crippen LogP contribution < -0.4 is 0 Å². The summed E-state index contributed by atoms with van der Waals surface area (Å²) in [5, 5.41) is 10.6. The molecule has 19 heteroatoms. The van der Waals surface area contributed by atoms with E-state index in [1.54, 1.807) is 0 Å². The van der Waals surface area contributed by atoms with E-state index in [9.17, 15) is 43.2 Å². The molecule has 0 aromatic carbocycles. The van der Waals surface area contributed by atoms with Gasteiger partial charge in [0.05, 0.1) is 26.4 Å². The lowest BCUT2D eigenvalue weighted by Gasteiger charge is -2.21. The molecule has 0 rings (SSSR count). The van der Waals surface area contributed by atoms with Gasteiger partial charge in [0, 0.05) is 25.7 Å². The molecular formula is C69H134O17P2. The number of aliphatic hydroxyl groups is 1. The Morgan fingerprint density at radius 3 is 0.864 bits per heavy atom. The molecule has 0 radical (unpaired) electrons. The highest BCUT2D eigenvalue weighted by molar-refractivity contribution is 7.47. The maximum absolute atomic E-state index is 13.0. The van der Waals surface area contributed by atoms with E-state index in [0.717, 1.165) is 115 Å². The second-order valence-corrected chi connectivity index (χ2v) is 28.5. The summed E-state index contributed by atoms with van der Waals surface area (Å²) in [6, 6.07) is 0. The third-order valence-corrected chi connectivity index (χ3v) is 18.2. The number of carbonyl (C=O) groups excluding carboxylic acids is 4. The summed E-state index contributed by atoms with van der Waals surface area (Å²) in [6.45, 7) is 9.46. The van der Waals surface area contributed by atoms with Gasteiger partial charge in [-0.25, -0.2) is 9.13 Å². The monoisotopic (exact) mass is 1300 g/mol. The summed E-state index contributed by atoms with van der Waals surface area (Å²) in [7, 11) is -9.89. The molecule has 6 atom stereocenters. The molecule has 3 N–H and O–H groups in total. The molecule has 3 unspecified atom stereocenters. The van der Waals surface area contributed by atoms with Crippen molar-refractivity contribution in [3.63, 3.8) is 0 Å². The lowest BCUT2D eigenvalue weighted by atomic mass is 10.00. The molecule has 0 aliphatic rings. The smallest absolute Gasteiger partial charge is 0.462 e. The van der Waals surface area contributed by atoms with Crippen molar-refractivity contribution in [1.29, 1.82) is 0 Å². The molecule has 0 bridgehead atoms. The van der Waals surface area contributed by atoms with Crippen molar-refractivity contribution in [3.8, 4) is 0 Å². The number of rotatable bonds is 68. The first kappa shape index (κ1) is 86.1. The first-order valence-corrected chi connectivity index (χ1v) is 39.0. The number of phosphoric ester groups is 2. The highest BCUT2D eigenvalue weighted by Crippen LogP contribution is 2.45. The maximum atomic E-state index is 13.0. The first-order chi connectivity index (χ1) is 42.4. The molecule has 0 fully saturated rings. The minimum atomic E-state index is -4.95. The summed E-state index contributed by atoms with van der Waals surface area (Å²) >= 11 is 0. The molecule has 0 aliphatic heterocycles. The molecule has 0 aromatic rings. The SMILES string of the molecule is CCCCCCCCCCCCCCCCCCC(=O)O[C@H](COC(=O)CCCCCCCCCCCCCCC(C)C)COP(=O)(O)OC[C@@H](O)COP(=O)(O)OC[C@@H](COC(=O)CCCCCCCCC)OC(=O)CCCCCCCCC(C)CC. The fraction of sp³-hybridized carbons (Fsp3) is 0.942. The third-order valence-electron chi connectivity index (χ3n) is 16.3. The van der Waals surface area contributed by atoms with Crippen molar-refractivity contribution < 1.29 is 80.2 Å². The van der Waals surface area contributed by atoms with E-state index in [4.69, 9.17) is 37.0 Å². The number of hydrogen-bond acceptors (Lipinski definition) is 15. The Bertz CT molecular complexity index is 1720. The van der Waals surface area contributed by atoms with Crippen molar-refractivity contribution in [1.82, 2.24) is 0 Å². The highest BCUT2D eigenvalue weighted by atomic mass is 31.2. The zero-order valence-corrected chi connectivity index (χ0v) is 58.8. The van der Waals surface area contributed by atoms with E-state index in [1.165, 1.54) is 154 Å². The average Bonchev–Trinajstić information content (AvgIpc) is 3.66. The van der Waals surface area contributed by atoms with E-state index >= 15 is 0 Å². The zero-order chi connectivity index (χ0) is 65.0. The van der Waals surface area contributed by atoms with Crippen LogP contribution in [0.4, 0.5) is 0 Å². The molecule has 0 spiro atoms. The predicted octanol–water partition coefficient (Wildman–Crippen LogP) is 19.6. The van der Waals surface area contributed by atoms with Crippen LogP contribution in [0.2, 0.25) is 0 Å². The molecule has 17 nitrogen and oxygen atoms in total. The predicted molar refractivity (Wildman–Crippen MR) is 354 cm³/mol. The van der Waals surface area contributed by atoms with Crippen LogP contribution in [-0.4, -0.2) is 96.7 Å². The van der Waals surface area contributed by atoms with Crippen LogP contribution >= 0.6 is 15.6 Å². The minimum Gasteiger partial charge on any atom is -0.462 e. The van der Waals surface area contributed by atoms with Gasteiger partial charge in [-0.3, -0.25) is 37.3 Å². The van der Waals surface area contributed by atoms with E-state index in [-0.39, 0.29) is 25.7 Å². The van der Waals surface area contributed by atoms with Gasteiger partial charge in [-0.15, -0.1) is 0 Å². The molecule has 88 heavy (non-hydrogen) atoms. The van der Waals surface area contributed by atoms with Crippen LogP contribution in [0.3, 0.4) is 0 Å². The molecule has 0 amide bonds. The number of carbonyl (C=O) groups is 4. The van der Waals surface area contributed by atoms with Gasteiger partial charge in [0.25, 0.3) is 0 Å². The largest absolute Gasteiger partial charge is 0.472 e. The van der Waals surface area contributed by atoms with Crippen LogP contribution in [0.1, 0.15) is 350 Å². The molecule has 0 heterocycles. The lowest BCUT2D eigenvalue weighted by Crippen LogP contribution is -2.30. The summed E-state index contributed by atoms with van der Waals surface area (Å²) in [6.07, 6.45) is 46.0. The van der Waals surface area contributed by atoms with E-state index < -0.39 is 97.5 Å². The fourth-order valence-electron chi connectivity index (χ4n) is 10.4. The highest BCUT2D eigenvalue weighted by Gasteiger charge is 2.30. The summed E-state index contributed by atoms with van der Waals surface area (Å²) < 4.78 is 68.1. The summed E-state index contributed by atoms with van der Waals surface area (Å²) in [5.41, 5.74) is 0. The van der Waals surface area contributed by atoms with Gasteiger partial charge in [-0.2, -0.15) is 0 Å².